The molecule has 0 aliphatic rings. The van der Waals surface area contributed by atoms with Crippen molar-refractivity contribution in [3.63, 3.8) is 0 Å². The lowest BCUT2D eigenvalue weighted by Gasteiger charge is -2.03. The Morgan fingerprint density at radius 2 is 2.00 bits per heavy atom. The van der Waals surface area contributed by atoms with Gasteiger partial charge in [0.15, 0.2) is 0 Å². The van der Waals surface area contributed by atoms with Crippen molar-refractivity contribution in [2.24, 2.45) is 5.73 Å². The van der Waals surface area contributed by atoms with Gasteiger partial charge in [0.05, 0.1) is 0 Å². The van der Waals surface area contributed by atoms with Gasteiger partial charge in [-0.1, -0.05) is 19.1 Å². The van der Waals surface area contributed by atoms with Crippen LogP contribution in [0.3, 0.4) is 0 Å². The molecule has 0 aliphatic carbocycles. The summed E-state index contributed by atoms with van der Waals surface area (Å²) in [7, 11) is 0. The van der Waals surface area contributed by atoms with E-state index in [2.05, 4.69) is 18.4 Å². The third-order valence-electron chi connectivity index (χ3n) is 2.67. The minimum atomic E-state index is -0.198. The van der Waals surface area contributed by atoms with Gasteiger partial charge in [0.1, 0.15) is 5.82 Å². The van der Waals surface area contributed by atoms with Crippen LogP contribution >= 0.6 is 11.3 Å². The minimum Gasteiger partial charge on any atom is -0.330 e. The SMILES string of the molecule is CC(CN)c1csc(-c2ccc(F)cc2)c1. The molecule has 1 atom stereocenters. The summed E-state index contributed by atoms with van der Waals surface area (Å²) in [5.74, 6) is 0.182. The number of thiophene rings is 1. The highest BCUT2D eigenvalue weighted by atomic mass is 32.1. The van der Waals surface area contributed by atoms with Crippen molar-refractivity contribution in [3.8, 4) is 10.4 Å². The molecule has 0 saturated carbocycles. The highest BCUT2D eigenvalue weighted by Gasteiger charge is 2.07. The molecule has 1 heterocycles. The molecule has 2 aromatic rings. The van der Waals surface area contributed by atoms with Crippen LogP contribution in [0.4, 0.5) is 4.39 Å². The van der Waals surface area contributed by atoms with Crippen molar-refractivity contribution in [1.29, 1.82) is 0 Å². The zero-order chi connectivity index (χ0) is 11.5. The van der Waals surface area contributed by atoms with Gasteiger partial charge in [-0.2, -0.15) is 0 Å². The van der Waals surface area contributed by atoms with Crippen molar-refractivity contribution in [3.05, 3.63) is 47.1 Å². The fraction of sp³-hybridized carbons (Fsp3) is 0.231. The molecule has 1 nitrogen and oxygen atoms in total. The summed E-state index contributed by atoms with van der Waals surface area (Å²) in [4.78, 5) is 1.16. The molecule has 0 saturated heterocycles. The minimum absolute atomic E-state index is 0.198. The second kappa shape index (κ2) is 4.76. The van der Waals surface area contributed by atoms with E-state index >= 15 is 0 Å². The van der Waals surface area contributed by atoms with Crippen LogP contribution in [-0.2, 0) is 0 Å². The van der Waals surface area contributed by atoms with Crippen LogP contribution in [0.2, 0.25) is 0 Å². The van der Waals surface area contributed by atoms with E-state index in [4.69, 9.17) is 5.73 Å². The second-order valence-electron chi connectivity index (χ2n) is 3.89. The number of rotatable bonds is 3. The van der Waals surface area contributed by atoms with Crippen molar-refractivity contribution < 1.29 is 4.39 Å². The first-order valence-electron chi connectivity index (χ1n) is 5.25. The maximum absolute atomic E-state index is 12.8. The quantitative estimate of drug-likeness (QED) is 0.864. The first-order valence-corrected chi connectivity index (χ1v) is 6.13. The number of benzene rings is 1. The van der Waals surface area contributed by atoms with Crippen LogP contribution in [0, 0.1) is 5.82 Å². The van der Waals surface area contributed by atoms with Gasteiger partial charge in [-0.3, -0.25) is 0 Å². The lowest BCUT2D eigenvalue weighted by atomic mass is 10.0. The van der Waals surface area contributed by atoms with Crippen LogP contribution in [-0.4, -0.2) is 6.54 Å². The molecule has 0 amide bonds. The maximum Gasteiger partial charge on any atom is 0.123 e. The molecule has 0 aliphatic heterocycles. The molecule has 1 aromatic heterocycles. The Bertz CT molecular complexity index is 461. The third-order valence-corrected chi connectivity index (χ3v) is 3.67. The van der Waals surface area contributed by atoms with E-state index in [9.17, 15) is 4.39 Å². The fourth-order valence-corrected chi connectivity index (χ4v) is 2.55. The van der Waals surface area contributed by atoms with Gasteiger partial charge in [0, 0.05) is 4.88 Å². The van der Waals surface area contributed by atoms with E-state index in [1.54, 1.807) is 23.5 Å². The monoisotopic (exact) mass is 235 g/mol. The number of hydrogen-bond donors (Lipinski definition) is 1. The largest absolute Gasteiger partial charge is 0.330 e. The molecule has 3 heteroatoms. The van der Waals surface area contributed by atoms with Crippen LogP contribution in [0.5, 0.6) is 0 Å². The molecule has 1 unspecified atom stereocenters. The van der Waals surface area contributed by atoms with Gasteiger partial charge in [-0.05, 0) is 47.2 Å². The number of hydrogen-bond acceptors (Lipinski definition) is 2. The topological polar surface area (TPSA) is 26.0 Å². The zero-order valence-electron chi connectivity index (χ0n) is 9.11. The summed E-state index contributed by atoms with van der Waals surface area (Å²) < 4.78 is 12.8. The first kappa shape index (κ1) is 11.3. The number of nitrogens with two attached hydrogens (primary N) is 1. The lowest BCUT2D eigenvalue weighted by Crippen LogP contribution is -2.07. The van der Waals surface area contributed by atoms with Crippen molar-refractivity contribution in [1.82, 2.24) is 0 Å². The lowest BCUT2D eigenvalue weighted by molar-refractivity contribution is 0.628. The summed E-state index contributed by atoms with van der Waals surface area (Å²) in [6, 6.07) is 8.72. The van der Waals surface area contributed by atoms with Gasteiger partial charge in [-0.15, -0.1) is 11.3 Å². The molecule has 1 aromatic carbocycles. The summed E-state index contributed by atoms with van der Waals surface area (Å²) >= 11 is 1.67. The predicted octanol–water partition coefficient (Wildman–Crippen LogP) is 3.62. The van der Waals surface area contributed by atoms with E-state index in [0.29, 0.717) is 12.5 Å². The van der Waals surface area contributed by atoms with Crippen molar-refractivity contribution in [2.45, 2.75) is 12.8 Å². The van der Waals surface area contributed by atoms with Gasteiger partial charge < -0.3 is 5.73 Å². The Kier molecular flexibility index (Phi) is 3.36. The van der Waals surface area contributed by atoms with E-state index in [1.165, 1.54) is 17.7 Å². The van der Waals surface area contributed by atoms with E-state index < -0.39 is 0 Å². The molecule has 0 bridgehead atoms. The van der Waals surface area contributed by atoms with Gasteiger partial charge in [0.2, 0.25) is 0 Å². The van der Waals surface area contributed by atoms with E-state index in [-0.39, 0.29) is 5.82 Å². The predicted molar refractivity (Wildman–Crippen MR) is 67.2 cm³/mol. The summed E-state index contributed by atoms with van der Waals surface area (Å²) in [5, 5.41) is 2.12. The first-order chi connectivity index (χ1) is 7.70. The molecule has 0 radical (unpaired) electrons. The van der Waals surface area contributed by atoms with Gasteiger partial charge in [0.25, 0.3) is 0 Å². The highest BCUT2D eigenvalue weighted by molar-refractivity contribution is 7.13. The Hall–Kier alpha value is -1.19. The van der Waals surface area contributed by atoms with Crippen molar-refractivity contribution >= 4 is 11.3 Å². The third kappa shape index (κ3) is 2.31. The smallest absolute Gasteiger partial charge is 0.123 e. The molecule has 0 fully saturated rings. The average Bonchev–Trinajstić information content (AvgIpc) is 2.78. The van der Waals surface area contributed by atoms with E-state index in [0.717, 1.165) is 10.4 Å². The molecular formula is C13H14FNS. The second-order valence-corrected chi connectivity index (χ2v) is 4.80. The van der Waals surface area contributed by atoms with Crippen LogP contribution in [0.1, 0.15) is 18.4 Å². The molecular weight excluding hydrogens is 221 g/mol. The van der Waals surface area contributed by atoms with E-state index in [1.807, 2.05) is 0 Å². The van der Waals surface area contributed by atoms with Crippen LogP contribution in [0.25, 0.3) is 10.4 Å². The van der Waals surface area contributed by atoms with Gasteiger partial charge in [-0.25, -0.2) is 4.39 Å². The normalized spacial score (nSPS) is 12.7. The molecule has 16 heavy (non-hydrogen) atoms. The zero-order valence-corrected chi connectivity index (χ0v) is 9.93. The average molecular weight is 235 g/mol. The Balaban J connectivity index is 2.28. The summed E-state index contributed by atoms with van der Waals surface area (Å²) in [6.07, 6.45) is 0. The van der Waals surface area contributed by atoms with Crippen LogP contribution in [0.15, 0.2) is 35.7 Å². The Morgan fingerprint density at radius 3 is 2.62 bits per heavy atom. The fourth-order valence-electron chi connectivity index (χ4n) is 1.51. The van der Waals surface area contributed by atoms with Crippen molar-refractivity contribution in [2.75, 3.05) is 6.54 Å². The highest BCUT2D eigenvalue weighted by Crippen LogP contribution is 2.30. The molecule has 84 valence electrons. The summed E-state index contributed by atoms with van der Waals surface area (Å²) in [5.41, 5.74) is 7.94. The molecule has 0 spiro atoms. The number of halogens is 1. The standard InChI is InChI=1S/C13H14FNS/c1-9(7-15)11-6-13(16-8-11)10-2-4-12(14)5-3-10/h2-6,8-9H,7,15H2,1H3. The maximum atomic E-state index is 12.8. The Labute approximate surface area is 98.7 Å². The molecule has 2 N–H and O–H groups in total. The Morgan fingerprint density at radius 1 is 1.31 bits per heavy atom. The van der Waals surface area contributed by atoms with Crippen LogP contribution < -0.4 is 5.73 Å². The van der Waals surface area contributed by atoms with Gasteiger partial charge >= 0.3 is 0 Å². The molecule has 2 rings (SSSR count). The summed E-state index contributed by atoms with van der Waals surface area (Å²) in [6.45, 7) is 2.76.